The Morgan fingerprint density at radius 1 is 1.12 bits per heavy atom. The first-order valence-corrected chi connectivity index (χ1v) is 8.37. The average Bonchev–Trinajstić information content (AvgIpc) is 3.28. The lowest BCUT2D eigenvalue weighted by Crippen LogP contribution is -2.21. The molecular weight excluding hydrogens is 333 g/mol. The highest BCUT2D eigenvalue weighted by molar-refractivity contribution is 5.77. The van der Waals surface area contributed by atoms with Crippen LogP contribution in [0.2, 0.25) is 0 Å². The van der Waals surface area contributed by atoms with E-state index in [1.807, 2.05) is 37.4 Å². The lowest BCUT2D eigenvalue weighted by atomic mass is 10.2. The maximum absolute atomic E-state index is 13.0. The van der Waals surface area contributed by atoms with E-state index in [1.165, 1.54) is 12.1 Å². The van der Waals surface area contributed by atoms with Gasteiger partial charge >= 0.3 is 0 Å². The second-order valence-electron chi connectivity index (χ2n) is 6.30. The van der Waals surface area contributed by atoms with Crippen LogP contribution in [0.3, 0.4) is 0 Å². The molecule has 5 nitrogen and oxygen atoms in total. The molecule has 0 fully saturated rings. The zero-order chi connectivity index (χ0) is 18.1. The summed E-state index contributed by atoms with van der Waals surface area (Å²) in [7, 11) is 1.97. The molecule has 2 aromatic carbocycles. The van der Waals surface area contributed by atoms with E-state index < -0.39 is 0 Å². The Bertz CT molecular complexity index is 990. The first-order chi connectivity index (χ1) is 12.6. The molecule has 0 unspecified atom stereocenters. The van der Waals surface area contributed by atoms with Crippen molar-refractivity contribution in [2.45, 2.75) is 19.5 Å². The molecule has 2 aromatic heterocycles. The summed E-state index contributed by atoms with van der Waals surface area (Å²) in [5.41, 5.74) is 1.59. The maximum Gasteiger partial charge on any atom is 0.241 e. The minimum absolute atomic E-state index is 0.0450. The van der Waals surface area contributed by atoms with Crippen molar-refractivity contribution in [3.8, 4) is 11.4 Å². The second-order valence-corrected chi connectivity index (χ2v) is 6.30. The van der Waals surface area contributed by atoms with Crippen molar-refractivity contribution >= 4 is 11.0 Å². The molecule has 0 spiro atoms. The number of para-hydroxylation sites is 1. The van der Waals surface area contributed by atoms with Crippen molar-refractivity contribution in [3.05, 3.63) is 72.1 Å². The van der Waals surface area contributed by atoms with Gasteiger partial charge < -0.3 is 8.94 Å². The minimum atomic E-state index is -0.295. The quantitative estimate of drug-likeness (QED) is 0.516. The van der Waals surface area contributed by atoms with Gasteiger partial charge in [0.1, 0.15) is 17.2 Å². The summed E-state index contributed by atoms with van der Waals surface area (Å²) in [6.45, 7) is 2.54. The Kier molecular flexibility index (Phi) is 4.26. The molecule has 0 N–H and O–H groups in total. The predicted octanol–water partition coefficient (Wildman–Crippen LogP) is 4.81. The largest absolute Gasteiger partial charge is 0.459 e. The maximum atomic E-state index is 13.0. The van der Waals surface area contributed by atoms with Gasteiger partial charge in [-0.3, -0.25) is 4.90 Å². The number of halogens is 1. The number of nitrogens with zero attached hydrogens (tertiary/aromatic N) is 3. The lowest BCUT2D eigenvalue weighted by molar-refractivity contribution is 0.198. The van der Waals surface area contributed by atoms with E-state index in [2.05, 4.69) is 22.0 Å². The summed E-state index contributed by atoms with van der Waals surface area (Å²) in [4.78, 5) is 6.47. The first-order valence-electron chi connectivity index (χ1n) is 8.37. The van der Waals surface area contributed by atoms with Crippen LogP contribution in [-0.4, -0.2) is 22.1 Å². The van der Waals surface area contributed by atoms with E-state index >= 15 is 0 Å². The fourth-order valence-corrected chi connectivity index (χ4v) is 2.81. The van der Waals surface area contributed by atoms with E-state index in [4.69, 9.17) is 8.94 Å². The van der Waals surface area contributed by atoms with Gasteiger partial charge in [-0.1, -0.05) is 23.4 Å². The SMILES string of the molecule is C[C@@H](c1cc2ccccc2o1)N(C)Cc1nc(-c2ccc(F)cc2)no1. The van der Waals surface area contributed by atoms with Crippen LogP contribution < -0.4 is 0 Å². The monoisotopic (exact) mass is 351 g/mol. The third-order valence-corrected chi connectivity index (χ3v) is 4.47. The number of hydrogen-bond donors (Lipinski definition) is 0. The zero-order valence-corrected chi connectivity index (χ0v) is 14.5. The molecule has 0 aliphatic carbocycles. The van der Waals surface area contributed by atoms with Crippen molar-refractivity contribution < 1.29 is 13.3 Å². The van der Waals surface area contributed by atoms with Gasteiger partial charge in [0, 0.05) is 10.9 Å². The molecule has 4 rings (SSSR count). The highest BCUT2D eigenvalue weighted by atomic mass is 19.1. The van der Waals surface area contributed by atoms with E-state index in [0.717, 1.165) is 22.3 Å². The van der Waals surface area contributed by atoms with Crippen LogP contribution in [0.25, 0.3) is 22.4 Å². The van der Waals surface area contributed by atoms with Crippen molar-refractivity contribution in [3.63, 3.8) is 0 Å². The number of rotatable bonds is 5. The Balaban J connectivity index is 1.49. The molecule has 4 aromatic rings. The van der Waals surface area contributed by atoms with Gasteiger partial charge in [0.05, 0.1) is 12.6 Å². The summed E-state index contributed by atoms with van der Waals surface area (Å²) in [5.74, 6) is 1.53. The minimum Gasteiger partial charge on any atom is -0.459 e. The van der Waals surface area contributed by atoms with Crippen LogP contribution in [0, 0.1) is 5.82 Å². The van der Waals surface area contributed by atoms with E-state index in [-0.39, 0.29) is 11.9 Å². The number of aromatic nitrogens is 2. The normalized spacial score (nSPS) is 12.8. The number of hydrogen-bond acceptors (Lipinski definition) is 5. The number of benzene rings is 2. The van der Waals surface area contributed by atoms with Crippen molar-refractivity contribution in [1.29, 1.82) is 0 Å². The lowest BCUT2D eigenvalue weighted by Gasteiger charge is -2.20. The Labute approximate surface area is 150 Å². The van der Waals surface area contributed by atoms with Crippen LogP contribution >= 0.6 is 0 Å². The molecule has 0 bridgehead atoms. The fourth-order valence-electron chi connectivity index (χ4n) is 2.81. The summed E-state index contributed by atoms with van der Waals surface area (Å²) in [6.07, 6.45) is 0. The van der Waals surface area contributed by atoms with E-state index in [9.17, 15) is 4.39 Å². The summed E-state index contributed by atoms with van der Waals surface area (Å²) in [6, 6.07) is 16.0. The zero-order valence-electron chi connectivity index (χ0n) is 14.5. The molecule has 2 heterocycles. The number of furan rings is 1. The molecule has 0 saturated heterocycles. The smallest absolute Gasteiger partial charge is 0.241 e. The van der Waals surface area contributed by atoms with Crippen molar-refractivity contribution in [1.82, 2.24) is 15.0 Å². The van der Waals surface area contributed by atoms with Gasteiger partial charge in [-0.25, -0.2) is 4.39 Å². The predicted molar refractivity (Wildman–Crippen MR) is 95.8 cm³/mol. The van der Waals surface area contributed by atoms with E-state index in [0.29, 0.717) is 18.3 Å². The molecule has 0 aliphatic heterocycles. The highest BCUT2D eigenvalue weighted by Gasteiger charge is 2.19. The van der Waals surface area contributed by atoms with Gasteiger partial charge in [0.2, 0.25) is 11.7 Å². The molecule has 26 heavy (non-hydrogen) atoms. The second kappa shape index (κ2) is 6.72. The topological polar surface area (TPSA) is 55.3 Å². The molecule has 1 atom stereocenters. The van der Waals surface area contributed by atoms with Gasteiger partial charge in [-0.05, 0) is 50.4 Å². The summed E-state index contributed by atoms with van der Waals surface area (Å²) in [5, 5.41) is 5.06. The molecule has 132 valence electrons. The highest BCUT2D eigenvalue weighted by Crippen LogP contribution is 2.27. The van der Waals surface area contributed by atoms with Gasteiger partial charge in [0.25, 0.3) is 0 Å². The van der Waals surface area contributed by atoms with Gasteiger partial charge in [0.15, 0.2) is 0 Å². The van der Waals surface area contributed by atoms with Gasteiger partial charge in [-0.15, -0.1) is 0 Å². The van der Waals surface area contributed by atoms with Crippen LogP contribution in [0.4, 0.5) is 4.39 Å². The Morgan fingerprint density at radius 3 is 2.65 bits per heavy atom. The first kappa shape index (κ1) is 16.5. The van der Waals surface area contributed by atoms with Crippen LogP contribution in [-0.2, 0) is 6.54 Å². The summed E-state index contributed by atoms with van der Waals surface area (Å²) < 4.78 is 24.3. The van der Waals surface area contributed by atoms with Crippen LogP contribution in [0.5, 0.6) is 0 Å². The van der Waals surface area contributed by atoms with Crippen molar-refractivity contribution in [2.24, 2.45) is 0 Å². The molecule has 0 radical (unpaired) electrons. The number of fused-ring (bicyclic) bond motifs is 1. The van der Waals surface area contributed by atoms with Crippen LogP contribution in [0.15, 0.2) is 63.5 Å². The van der Waals surface area contributed by atoms with Crippen LogP contribution in [0.1, 0.15) is 24.6 Å². The average molecular weight is 351 g/mol. The molecule has 0 saturated carbocycles. The van der Waals surface area contributed by atoms with Gasteiger partial charge in [-0.2, -0.15) is 4.98 Å². The third-order valence-electron chi connectivity index (χ3n) is 4.47. The molecular formula is C20H18FN3O2. The van der Waals surface area contributed by atoms with Crippen molar-refractivity contribution in [2.75, 3.05) is 7.05 Å². The standard InChI is InChI=1S/C20H18FN3O2/c1-13(18-11-15-5-3-4-6-17(15)25-18)24(2)12-19-22-20(23-26-19)14-7-9-16(21)10-8-14/h3-11,13H,12H2,1-2H3/t13-/m0/s1. The Morgan fingerprint density at radius 2 is 1.88 bits per heavy atom. The summed E-state index contributed by atoms with van der Waals surface area (Å²) >= 11 is 0. The molecule has 0 amide bonds. The molecule has 6 heteroatoms. The van der Waals surface area contributed by atoms with E-state index in [1.54, 1.807) is 12.1 Å². The fraction of sp³-hybridized carbons (Fsp3) is 0.200. The Hall–Kier alpha value is -2.99. The molecule has 0 aliphatic rings. The third kappa shape index (κ3) is 3.23.